The van der Waals surface area contributed by atoms with Gasteiger partial charge in [-0.25, -0.2) is 0 Å². The number of esters is 1. The first-order chi connectivity index (χ1) is 15.3. The lowest BCUT2D eigenvalue weighted by molar-refractivity contribution is -0.143. The van der Waals surface area contributed by atoms with E-state index < -0.39 is 23.7 Å². The lowest BCUT2D eigenvalue weighted by Crippen LogP contribution is -2.34. The SMILES string of the molecule is CCOc1cc(/C=C2\SC(=O)N(CC(=O)OC)C2=O)cc(I)c1OCc1ccccc1C. The normalized spacial score (nSPS) is 14.8. The van der Waals surface area contributed by atoms with Crippen molar-refractivity contribution in [2.24, 2.45) is 0 Å². The van der Waals surface area contributed by atoms with Crippen molar-refractivity contribution in [3.05, 3.63) is 61.6 Å². The van der Waals surface area contributed by atoms with Gasteiger partial charge in [0, 0.05) is 0 Å². The summed E-state index contributed by atoms with van der Waals surface area (Å²) < 4.78 is 17.2. The third-order valence-corrected chi connectivity index (χ3v) is 6.36. The van der Waals surface area contributed by atoms with Crippen LogP contribution in [0, 0.1) is 10.5 Å². The predicted octanol–water partition coefficient (Wildman–Crippen LogP) is 4.79. The zero-order valence-electron chi connectivity index (χ0n) is 17.8. The molecular weight excluding hydrogens is 545 g/mol. The van der Waals surface area contributed by atoms with Crippen LogP contribution in [0.2, 0.25) is 0 Å². The first-order valence-corrected chi connectivity index (χ1v) is 11.7. The van der Waals surface area contributed by atoms with E-state index in [0.29, 0.717) is 30.3 Å². The number of carbonyl (C=O) groups excluding carboxylic acids is 3. The van der Waals surface area contributed by atoms with Crippen LogP contribution in [0.25, 0.3) is 6.08 Å². The molecule has 0 spiro atoms. The van der Waals surface area contributed by atoms with Crippen LogP contribution in [0.4, 0.5) is 4.79 Å². The molecule has 1 aliphatic heterocycles. The fourth-order valence-electron chi connectivity index (χ4n) is 2.98. The second-order valence-corrected chi connectivity index (χ2v) is 8.98. The third-order valence-electron chi connectivity index (χ3n) is 4.65. The van der Waals surface area contributed by atoms with E-state index in [-0.39, 0.29) is 4.91 Å². The van der Waals surface area contributed by atoms with Crippen LogP contribution in [-0.4, -0.2) is 42.3 Å². The van der Waals surface area contributed by atoms with Crippen molar-refractivity contribution in [2.45, 2.75) is 20.5 Å². The summed E-state index contributed by atoms with van der Waals surface area (Å²) in [5.74, 6) is -0.0187. The van der Waals surface area contributed by atoms with Crippen molar-refractivity contribution < 1.29 is 28.6 Å². The molecule has 0 radical (unpaired) electrons. The number of thioether (sulfide) groups is 1. The summed E-state index contributed by atoms with van der Waals surface area (Å²) in [6, 6.07) is 11.6. The zero-order valence-corrected chi connectivity index (χ0v) is 20.8. The van der Waals surface area contributed by atoms with Crippen LogP contribution in [-0.2, 0) is 20.9 Å². The molecule has 1 heterocycles. The Morgan fingerprint density at radius 3 is 2.62 bits per heavy atom. The van der Waals surface area contributed by atoms with Crippen molar-refractivity contribution in [3.63, 3.8) is 0 Å². The number of rotatable bonds is 8. The summed E-state index contributed by atoms with van der Waals surface area (Å²) in [7, 11) is 1.21. The Morgan fingerprint density at radius 2 is 1.94 bits per heavy atom. The molecule has 7 nitrogen and oxygen atoms in total. The highest BCUT2D eigenvalue weighted by atomic mass is 127. The van der Waals surface area contributed by atoms with Gasteiger partial charge in [0.05, 0.1) is 22.2 Å². The average molecular weight is 567 g/mol. The number of halogens is 1. The van der Waals surface area contributed by atoms with E-state index in [4.69, 9.17) is 9.47 Å². The van der Waals surface area contributed by atoms with Gasteiger partial charge in [-0.3, -0.25) is 19.3 Å². The molecule has 3 rings (SSSR count). The van der Waals surface area contributed by atoms with Crippen molar-refractivity contribution in [2.75, 3.05) is 20.3 Å². The van der Waals surface area contributed by atoms with Crippen molar-refractivity contribution in [3.8, 4) is 11.5 Å². The van der Waals surface area contributed by atoms with Gasteiger partial charge in [-0.2, -0.15) is 0 Å². The minimum atomic E-state index is -0.656. The topological polar surface area (TPSA) is 82.1 Å². The number of carbonyl (C=O) groups is 3. The molecule has 0 bridgehead atoms. The second-order valence-electron chi connectivity index (χ2n) is 6.82. The highest BCUT2D eigenvalue weighted by molar-refractivity contribution is 14.1. The van der Waals surface area contributed by atoms with Gasteiger partial charge in [-0.1, -0.05) is 24.3 Å². The maximum atomic E-state index is 12.6. The molecule has 0 atom stereocenters. The van der Waals surface area contributed by atoms with E-state index in [9.17, 15) is 14.4 Å². The summed E-state index contributed by atoms with van der Waals surface area (Å²) in [6.45, 7) is 4.34. The minimum absolute atomic E-state index is 0.228. The van der Waals surface area contributed by atoms with E-state index in [1.807, 2.05) is 44.2 Å². The summed E-state index contributed by atoms with van der Waals surface area (Å²) >= 11 is 2.94. The van der Waals surface area contributed by atoms with Gasteiger partial charge in [-0.05, 0) is 83.1 Å². The number of methoxy groups -OCH3 is 1. The first-order valence-electron chi connectivity index (χ1n) is 9.79. The lowest BCUT2D eigenvalue weighted by atomic mass is 10.1. The van der Waals surface area contributed by atoms with Gasteiger partial charge in [0.15, 0.2) is 11.5 Å². The molecule has 0 N–H and O–H groups in total. The van der Waals surface area contributed by atoms with E-state index in [2.05, 4.69) is 27.3 Å². The smallest absolute Gasteiger partial charge is 0.325 e. The Kier molecular flexibility index (Phi) is 8.19. The maximum absolute atomic E-state index is 12.6. The van der Waals surface area contributed by atoms with Crippen LogP contribution < -0.4 is 9.47 Å². The van der Waals surface area contributed by atoms with Crippen molar-refractivity contribution in [1.29, 1.82) is 0 Å². The van der Waals surface area contributed by atoms with E-state index in [1.54, 1.807) is 12.1 Å². The van der Waals surface area contributed by atoms with Gasteiger partial charge in [-0.15, -0.1) is 0 Å². The number of nitrogens with zero attached hydrogens (tertiary/aromatic N) is 1. The van der Waals surface area contributed by atoms with E-state index >= 15 is 0 Å². The van der Waals surface area contributed by atoms with E-state index in [0.717, 1.165) is 31.4 Å². The molecule has 2 amide bonds. The predicted molar refractivity (Wildman–Crippen MR) is 131 cm³/mol. The van der Waals surface area contributed by atoms with Gasteiger partial charge < -0.3 is 14.2 Å². The first kappa shape index (κ1) is 24.1. The molecule has 0 unspecified atom stereocenters. The Morgan fingerprint density at radius 1 is 1.19 bits per heavy atom. The van der Waals surface area contributed by atoms with Crippen LogP contribution in [0.1, 0.15) is 23.6 Å². The van der Waals surface area contributed by atoms with Crippen LogP contribution >= 0.6 is 34.4 Å². The summed E-state index contributed by atoms with van der Waals surface area (Å²) in [6.07, 6.45) is 1.61. The van der Waals surface area contributed by atoms with Crippen molar-refractivity contribution >= 4 is 57.5 Å². The van der Waals surface area contributed by atoms with Crippen LogP contribution in [0.3, 0.4) is 0 Å². The molecule has 1 saturated heterocycles. The third kappa shape index (κ3) is 5.63. The van der Waals surface area contributed by atoms with E-state index in [1.165, 1.54) is 7.11 Å². The molecule has 168 valence electrons. The molecule has 2 aromatic rings. The van der Waals surface area contributed by atoms with Crippen LogP contribution in [0.15, 0.2) is 41.3 Å². The Labute approximate surface area is 204 Å². The fraction of sp³-hybridized carbons (Fsp3) is 0.261. The summed E-state index contributed by atoms with van der Waals surface area (Å²) in [5.41, 5.74) is 2.90. The summed E-state index contributed by atoms with van der Waals surface area (Å²) in [5, 5.41) is -0.510. The van der Waals surface area contributed by atoms with Gasteiger partial charge in [0.2, 0.25) is 0 Å². The number of imide groups is 1. The molecule has 0 aliphatic carbocycles. The molecule has 1 aliphatic rings. The maximum Gasteiger partial charge on any atom is 0.325 e. The second kappa shape index (κ2) is 10.9. The summed E-state index contributed by atoms with van der Waals surface area (Å²) in [4.78, 5) is 37.3. The average Bonchev–Trinajstić information content (AvgIpc) is 3.01. The Hall–Kier alpha value is -2.53. The Bertz CT molecular complexity index is 1080. The number of hydrogen-bond donors (Lipinski definition) is 0. The van der Waals surface area contributed by atoms with Crippen LogP contribution in [0.5, 0.6) is 11.5 Å². The molecule has 2 aromatic carbocycles. The molecule has 9 heteroatoms. The molecule has 0 saturated carbocycles. The standard InChI is InChI=1S/C23H22INO6S/c1-4-30-18-10-15(11-19-22(27)25(23(28)32-19)12-20(26)29-3)9-17(24)21(18)31-13-16-8-6-5-7-14(16)2/h5-11H,4,12-13H2,1-3H3/b19-11-. The molecule has 0 aromatic heterocycles. The quantitative estimate of drug-likeness (QED) is 0.258. The largest absolute Gasteiger partial charge is 0.490 e. The van der Waals surface area contributed by atoms with Crippen molar-refractivity contribution in [1.82, 2.24) is 4.90 Å². The highest BCUT2D eigenvalue weighted by Gasteiger charge is 2.36. The highest BCUT2D eigenvalue weighted by Crippen LogP contribution is 2.38. The number of hydrogen-bond acceptors (Lipinski definition) is 7. The fourth-order valence-corrected chi connectivity index (χ4v) is 4.60. The minimum Gasteiger partial charge on any atom is -0.490 e. The number of ether oxygens (including phenoxy) is 3. The lowest BCUT2D eigenvalue weighted by Gasteiger charge is -2.15. The monoisotopic (exact) mass is 567 g/mol. The molecule has 32 heavy (non-hydrogen) atoms. The van der Waals surface area contributed by atoms with Gasteiger partial charge in [0.1, 0.15) is 13.2 Å². The molecule has 1 fully saturated rings. The number of amides is 2. The molecular formula is C23H22INO6S. The Balaban J connectivity index is 1.85. The number of benzene rings is 2. The zero-order chi connectivity index (χ0) is 23.3. The van der Waals surface area contributed by atoms with Gasteiger partial charge in [0.25, 0.3) is 11.1 Å². The number of aryl methyl sites for hydroxylation is 1. The van der Waals surface area contributed by atoms with Gasteiger partial charge >= 0.3 is 5.97 Å².